The number of anilines is 2. The summed E-state index contributed by atoms with van der Waals surface area (Å²) in [5.74, 6) is 0.604. The molecule has 0 aliphatic heterocycles. The highest BCUT2D eigenvalue weighted by molar-refractivity contribution is 5.57. The van der Waals surface area contributed by atoms with E-state index in [1.165, 1.54) is 12.1 Å². The number of nitrogens with zero attached hydrogens (tertiary/aromatic N) is 2. The molecule has 0 saturated heterocycles. The van der Waals surface area contributed by atoms with Gasteiger partial charge in [0.15, 0.2) is 0 Å². The summed E-state index contributed by atoms with van der Waals surface area (Å²) in [4.78, 5) is 14.0. The standard InChI is InChI=1S/C12H18N4O3/c13-12-9(16(18)19)5-6-11(15-12)14-7-8-3-1-2-4-10(8)17/h5-6,8,10,17H,1-4,7H2,(H3,13,14,15). The monoisotopic (exact) mass is 266 g/mol. The van der Waals surface area contributed by atoms with Crippen LogP contribution in [0.5, 0.6) is 0 Å². The predicted octanol–water partition coefficient (Wildman–Crippen LogP) is 1.53. The number of pyridine rings is 1. The first-order valence-corrected chi connectivity index (χ1v) is 6.41. The normalized spacial score (nSPS) is 23.0. The van der Waals surface area contributed by atoms with Crippen molar-refractivity contribution in [1.29, 1.82) is 0 Å². The van der Waals surface area contributed by atoms with Crippen LogP contribution >= 0.6 is 0 Å². The lowest BCUT2D eigenvalue weighted by molar-refractivity contribution is -0.384. The van der Waals surface area contributed by atoms with Gasteiger partial charge in [-0.15, -0.1) is 0 Å². The summed E-state index contributed by atoms with van der Waals surface area (Å²) in [5, 5.41) is 23.5. The molecule has 104 valence electrons. The van der Waals surface area contributed by atoms with Crippen molar-refractivity contribution in [2.24, 2.45) is 5.92 Å². The van der Waals surface area contributed by atoms with Crippen molar-refractivity contribution in [3.05, 3.63) is 22.2 Å². The Kier molecular flexibility index (Phi) is 4.16. The first-order chi connectivity index (χ1) is 9.08. The molecule has 0 bridgehead atoms. The second kappa shape index (κ2) is 5.83. The highest BCUT2D eigenvalue weighted by Gasteiger charge is 2.23. The van der Waals surface area contributed by atoms with Crippen LogP contribution in [-0.2, 0) is 0 Å². The quantitative estimate of drug-likeness (QED) is 0.562. The smallest absolute Gasteiger partial charge is 0.311 e. The van der Waals surface area contributed by atoms with Crippen molar-refractivity contribution in [3.8, 4) is 0 Å². The summed E-state index contributed by atoms with van der Waals surface area (Å²) in [5.41, 5.74) is 5.32. The summed E-state index contributed by atoms with van der Waals surface area (Å²) in [6.45, 7) is 0.603. The van der Waals surface area contributed by atoms with E-state index in [1.54, 1.807) is 0 Å². The van der Waals surface area contributed by atoms with Gasteiger partial charge in [0.25, 0.3) is 0 Å². The van der Waals surface area contributed by atoms with Crippen LogP contribution in [0, 0.1) is 16.0 Å². The molecule has 0 amide bonds. The molecule has 1 aliphatic carbocycles. The number of nitrogens with two attached hydrogens (primary N) is 1. The van der Waals surface area contributed by atoms with Crippen molar-refractivity contribution < 1.29 is 10.0 Å². The fourth-order valence-electron chi connectivity index (χ4n) is 2.38. The number of nitro groups is 1. The summed E-state index contributed by atoms with van der Waals surface area (Å²) < 4.78 is 0. The minimum atomic E-state index is -0.559. The number of nitrogens with one attached hydrogen (secondary N) is 1. The van der Waals surface area contributed by atoms with E-state index in [1.807, 2.05) is 0 Å². The third-order valence-electron chi connectivity index (χ3n) is 3.51. The molecule has 0 aromatic carbocycles. The van der Waals surface area contributed by atoms with Gasteiger partial charge in [0, 0.05) is 18.5 Å². The molecule has 1 saturated carbocycles. The van der Waals surface area contributed by atoms with Gasteiger partial charge in [0.2, 0.25) is 5.82 Å². The number of hydrogen-bond acceptors (Lipinski definition) is 6. The van der Waals surface area contributed by atoms with Gasteiger partial charge < -0.3 is 16.2 Å². The molecule has 1 aliphatic rings. The number of rotatable bonds is 4. The van der Waals surface area contributed by atoms with Crippen molar-refractivity contribution in [1.82, 2.24) is 4.98 Å². The number of aromatic nitrogens is 1. The molecular formula is C12H18N4O3. The Morgan fingerprint density at radius 2 is 2.21 bits per heavy atom. The highest BCUT2D eigenvalue weighted by atomic mass is 16.6. The Labute approximate surface area is 111 Å². The fourth-order valence-corrected chi connectivity index (χ4v) is 2.38. The third kappa shape index (κ3) is 3.31. The minimum Gasteiger partial charge on any atom is -0.393 e. The lowest BCUT2D eigenvalue weighted by Crippen LogP contribution is -2.30. The molecular weight excluding hydrogens is 248 g/mol. The third-order valence-corrected chi connectivity index (χ3v) is 3.51. The number of nitrogen functional groups attached to an aromatic ring is 1. The maximum Gasteiger partial charge on any atom is 0.311 e. The summed E-state index contributed by atoms with van der Waals surface area (Å²) in [7, 11) is 0. The van der Waals surface area contributed by atoms with Gasteiger partial charge in [-0.1, -0.05) is 12.8 Å². The van der Waals surface area contributed by atoms with E-state index in [9.17, 15) is 15.2 Å². The zero-order chi connectivity index (χ0) is 13.8. The van der Waals surface area contributed by atoms with Crippen LogP contribution in [0.15, 0.2) is 12.1 Å². The van der Waals surface area contributed by atoms with E-state index in [0.29, 0.717) is 12.4 Å². The van der Waals surface area contributed by atoms with Gasteiger partial charge in [-0.25, -0.2) is 4.98 Å². The van der Waals surface area contributed by atoms with Crippen molar-refractivity contribution in [3.63, 3.8) is 0 Å². The van der Waals surface area contributed by atoms with Crippen molar-refractivity contribution in [2.45, 2.75) is 31.8 Å². The van der Waals surface area contributed by atoms with Crippen molar-refractivity contribution in [2.75, 3.05) is 17.6 Å². The highest BCUT2D eigenvalue weighted by Crippen LogP contribution is 2.25. The summed E-state index contributed by atoms with van der Waals surface area (Å²) in [6.07, 6.45) is 3.73. The lowest BCUT2D eigenvalue weighted by Gasteiger charge is -2.27. The van der Waals surface area contributed by atoms with E-state index in [2.05, 4.69) is 10.3 Å². The SMILES string of the molecule is Nc1nc(NCC2CCCCC2O)ccc1[N+](=O)[O-]. The molecule has 1 fully saturated rings. The molecule has 1 heterocycles. The number of aliphatic hydroxyl groups is 1. The Bertz CT molecular complexity index is 466. The fraction of sp³-hybridized carbons (Fsp3) is 0.583. The Balaban J connectivity index is 1.96. The first-order valence-electron chi connectivity index (χ1n) is 6.41. The van der Waals surface area contributed by atoms with Crippen LogP contribution in [0.25, 0.3) is 0 Å². The van der Waals surface area contributed by atoms with Crippen LogP contribution in [-0.4, -0.2) is 27.7 Å². The summed E-state index contributed by atoms with van der Waals surface area (Å²) in [6, 6.07) is 2.87. The van der Waals surface area contributed by atoms with Gasteiger partial charge in [-0.05, 0) is 18.9 Å². The van der Waals surface area contributed by atoms with Crippen molar-refractivity contribution >= 4 is 17.3 Å². The second-order valence-electron chi connectivity index (χ2n) is 4.85. The molecule has 1 aromatic heterocycles. The Morgan fingerprint density at radius 3 is 2.84 bits per heavy atom. The minimum absolute atomic E-state index is 0.0980. The average molecular weight is 266 g/mol. The molecule has 2 atom stereocenters. The molecule has 0 spiro atoms. The molecule has 0 radical (unpaired) electrons. The van der Waals surface area contributed by atoms with E-state index < -0.39 is 4.92 Å². The molecule has 1 aromatic rings. The predicted molar refractivity (Wildman–Crippen MR) is 71.8 cm³/mol. The zero-order valence-corrected chi connectivity index (χ0v) is 10.6. The molecule has 2 unspecified atom stereocenters. The Morgan fingerprint density at radius 1 is 1.47 bits per heavy atom. The maximum absolute atomic E-state index is 10.6. The van der Waals surface area contributed by atoms with E-state index in [-0.39, 0.29) is 23.5 Å². The number of hydrogen-bond donors (Lipinski definition) is 3. The topological polar surface area (TPSA) is 114 Å². The molecule has 7 nitrogen and oxygen atoms in total. The van der Waals surface area contributed by atoms with Gasteiger partial charge in [0.05, 0.1) is 11.0 Å². The van der Waals surface area contributed by atoms with E-state index in [0.717, 1.165) is 25.7 Å². The van der Waals surface area contributed by atoms with Gasteiger partial charge in [-0.2, -0.15) is 0 Å². The van der Waals surface area contributed by atoms with E-state index in [4.69, 9.17) is 5.73 Å². The Hall–Kier alpha value is -1.89. The number of aliphatic hydroxyl groups excluding tert-OH is 1. The van der Waals surface area contributed by atoms with Crippen LogP contribution in [0.1, 0.15) is 25.7 Å². The van der Waals surface area contributed by atoms with Crippen LogP contribution in [0.4, 0.5) is 17.3 Å². The van der Waals surface area contributed by atoms with Gasteiger partial charge in [0.1, 0.15) is 5.82 Å². The summed E-state index contributed by atoms with van der Waals surface area (Å²) >= 11 is 0. The zero-order valence-electron chi connectivity index (χ0n) is 10.6. The van der Waals surface area contributed by atoms with Crippen LogP contribution in [0.3, 0.4) is 0 Å². The van der Waals surface area contributed by atoms with Gasteiger partial charge >= 0.3 is 5.69 Å². The molecule has 7 heteroatoms. The lowest BCUT2D eigenvalue weighted by atomic mass is 9.86. The van der Waals surface area contributed by atoms with Gasteiger partial charge in [-0.3, -0.25) is 10.1 Å². The largest absolute Gasteiger partial charge is 0.393 e. The van der Waals surface area contributed by atoms with Crippen LogP contribution in [0.2, 0.25) is 0 Å². The van der Waals surface area contributed by atoms with E-state index >= 15 is 0 Å². The van der Waals surface area contributed by atoms with Crippen LogP contribution < -0.4 is 11.1 Å². The first kappa shape index (κ1) is 13.5. The molecule has 19 heavy (non-hydrogen) atoms. The maximum atomic E-state index is 10.6. The second-order valence-corrected chi connectivity index (χ2v) is 4.85. The molecule has 4 N–H and O–H groups in total. The molecule has 2 rings (SSSR count). The average Bonchev–Trinajstić information content (AvgIpc) is 2.37.